The number of methoxy groups -OCH3 is 1. The van der Waals surface area contributed by atoms with Gasteiger partial charge in [-0.15, -0.1) is 0 Å². The van der Waals surface area contributed by atoms with Crippen LogP contribution in [0.2, 0.25) is 0 Å². The minimum absolute atomic E-state index is 0.122. The number of hydrogen-bond donors (Lipinski definition) is 3. The normalized spacial score (nSPS) is 39.0. The maximum atomic E-state index is 13.2. The number of nitrogens with one attached hydrogen (secondary N) is 2. The number of Topliss-reactive ketones (excluding diaryl/α,β-unsaturated/α-hetero) is 1. The van der Waals surface area contributed by atoms with Crippen LogP contribution in [-0.2, 0) is 4.79 Å². The minimum atomic E-state index is -0.174. The third-order valence-electron chi connectivity index (χ3n) is 6.76. The fourth-order valence-electron chi connectivity index (χ4n) is 5.93. The van der Waals surface area contributed by atoms with E-state index in [-0.39, 0.29) is 16.6 Å². The molecule has 1 aromatic rings. The average molecular weight is 346 g/mol. The molecule has 5 rings (SSSR count). The number of phenolic OH excluding ortho intramolecular Hbond substituents is 1. The van der Waals surface area contributed by atoms with Gasteiger partial charge in [-0.25, -0.2) is 0 Å². The van der Waals surface area contributed by atoms with Crippen molar-refractivity contribution in [3.05, 3.63) is 23.8 Å². The molecular formula is C20H30N2O3+2. The summed E-state index contributed by atoms with van der Waals surface area (Å²) in [6, 6.07) is 5.73. The number of benzene rings is 1. The van der Waals surface area contributed by atoms with Gasteiger partial charge < -0.3 is 9.84 Å². The number of quaternary nitrogens is 2. The zero-order valence-electron chi connectivity index (χ0n) is 15.5. The van der Waals surface area contributed by atoms with Crippen molar-refractivity contribution in [3.63, 3.8) is 0 Å². The lowest BCUT2D eigenvalue weighted by molar-refractivity contribution is -1.18. The predicted octanol–water partition coefficient (Wildman–Crippen LogP) is -0.0380. The molecule has 0 amide bonds. The Labute approximate surface area is 149 Å². The van der Waals surface area contributed by atoms with E-state index in [0.29, 0.717) is 17.7 Å². The molecular weight excluding hydrogens is 316 g/mol. The van der Waals surface area contributed by atoms with Crippen LogP contribution in [-0.4, -0.2) is 44.2 Å². The molecule has 1 aromatic carbocycles. The molecule has 136 valence electrons. The average Bonchev–Trinajstić information content (AvgIpc) is 2.58. The zero-order valence-corrected chi connectivity index (χ0v) is 15.5. The van der Waals surface area contributed by atoms with Crippen LogP contribution in [0.4, 0.5) is 0 Å². The first-order valence-corrected chi connectivity index (χ1v) is 9.53. The summed E-state index contributed by atoms with van der Waals surface area (Å²) in [6.45, 7) is 8.16. The van der Waals surface area contributed by atoms with Gasteiger partial charge in [0.25, 0.3) is 0 Å². The number of phenols is 1. The molecule has 4 aliphatic rings. The maximum absolute atomic E-state index is 13.2. The fourth-order valence-corrected chi connectivity index (χ4v) is 5.93. The topological polar surface area (TPSA) is 55.4 Å². The molecule has 4 heterocycles. The molecule has 4 fully saturated rings. The van der Waals surface area contributed by atoms with Crippen molar-refractivity contribution in [1.29, 1.82) is 0 Å². The first-order chi connectivity index (χ1) is 11.9. The van der Waals surface area contributed by atoms with Gasteiger partial charge in [0.15, 0.2) is 17.3 Å². The van der Waals surface area contributed by atoms with Crippen LogP contribution in [0.1, 0.15) is 44.8 Å². The number of unbranched alkanes of at least 4 members (excludes halogenated alkanes) is 1. The largest absolute Gasteiger partial charge is 0.504 e. The van der Waals surface area contributed by atoms with Gasteiger partial charge in [0.1, 0.15) is 23.9 Å². The van der Waals surface area contributed by atoms with E-state index in [0.717, 1.165) is 45.4 Å². The van der Waals surface area contributed by atoms with E-state index in [1.165, 1.54) is 15.4 Å². The number of ether oxygens (including phenoxy) is 1. The summed E-state index contributed by atoms with van der Waals surface area (Å²) >= 11 is 0. The van der Waals surface area contributed by atoms with Gasteiger partial charge >= 0.3 is 0 Å². The van der Waals surface area contributed by atoms with Gasteiger partial charge in [-0.3, -0.25) is 14.6 Å². The number of hydrogen-bond acceptors (Lipinski definition) is 3. The van der Waals surface area contributed by atoms with Crippen LogP contribution in [0.5, 0.6) is 11.5 Å². The summed E-state index contributed by atoms with van der Waals surface area (Å²) in [4.78, 5) is 16.3. The maximum Gasteiger partial charge on any atom is 0.240 e. The van der Waals surface area contributed by atoms with Crippen molar-refractivity contribution in [3.8, 4) is 11.5 Å². The molecule has 4 saturated heterocycles. The number of ketones is 1. The molecule has 5 nitrogen and oxygen atoms in total. The van der Waals surface area contributed by atoms with Gasteiger partial charge in [0.05, 0.1) is 25.8 Å². The first-order valence-electron chi connectivity index (χ1n) is 9.53. The van der Waals surface area contributed by atoms with E-state index < -0.39 is 0 Å². The number of rotatable bonds is 5. The highest BCUT2D eigenvalue weighted by atomic mass is 16.5. The third-order valence-corrected chi connectivity index (χ3v) is 6.76. The first kappa shape index (κ1) is 16.9. The third kappa shape index (κ3) is 2.40. The van der Waals surface area contributed by atoms with Crippen LogP contribution in [0.3, 0.4) is 0 Å². The van der Waals surface area contributed by atoms with Crippen molar-refractivity contribution >= 4 is 5.78 Å². The molecule has 2 atom stereocenters. The highest BCUT2D eigenvalue weighted by Gasteiger charge is 2.69. The summed E-state index contributed by atoms with van der Waals surface area (Å²) in [6.07, 6.45) is 3.66. The highest BCUT2D eigenvalue weighted by Crippen LogP contribution is 2.40. The molecule has 25 heavy (non-hydrogen) atoms. The van der Waals surface area contributed by atoms with Crippen LogP contribution in [0.25, 0.3) is 0 Å². The molecule has 0 saturated carbocycles. The second kappa shape index (κ2) is 5.71. The van der Waals surface area contributed by atoms with Crippen molar-refractivity contribution in [2.45, 2.75) is 39.3 Å². The molecule has 0 aliphatic carbocycles. The van der Waals surface area contributed by atoms with E-state index in [2.05, 4.69) is 13.8 Å². The quantitative estimate of drug-likeness (QED) is 0.701. The van der Waals surface area contributed by atoms with Gasteiger partial charge in [-0.05, 0) is 31.5 Å². The summed E-state index contributed by atoms with van der Waals surface area (Å²) in [5.41, 5.74) is 0.913. The molecule has 5 heteroatoms. The van der Waals surface area contributed by atoms with E-state index in [1.54, 1.807) is 13.2 Å². The van der Waals surface area contributed by atoms with Gasteiger partial charge in [0, 0.05) is 0 Å². The molecule has 0 radical (unpaired) electrons. The molecule has 4 aliphatic heterocycles. The smallest absolute Gasteiger partial charge is 0.240 e. The van der Waals surface area contributed by atoms with Crippen molar-refractivity contribution in [2.24, 2.45) is 10.8 Å². The van der Waals surface area contributed by atoms with Crippen LogP contribution >= 0.6 is 0 Å². The molecule has 4 bridgehead atoms. The summed E-state index contributed by atoms with van der Waals surface area (Å²) < 4.78 is 5.32. The van der Waals surface area contributed by atoms with E-state index in [9.17, 15) is 9.90 Å². The Morgan fingerprint density at radius 2 is 1.92 bits per heavy atom. The zero-order chi connectivity index (χ0) is 17.8. The van der Waals surface area contributed by atoms with Crippen LogP contribution < -0.4 is 14.5 Å². The number of piperidine rings is 2. The lowest BCUT2D eigenvalue weighted by Crippen LogP contribution is -3.41. The Hall–Kier alpha value is -1.59. The van der Waals surface area contributed by atoms with Crippen molar-refractivity contribution in [1.82, 2.24) is 0 Å². The van der Waals surface area contributed by atoms with Crippen molar-refractivity contribution in [2.75, 3.05) is 33.3 Å². The van der Waals surface area contributed by atoms with Crippen LogP contribution in [0.15, 0.2) is 18.2 Å². The number of aromatic hydroxyl groups is 1. The van der Waals surface area contributed by atoms with E-state index in [1.807, 2.05) is 12.1 Å². The Balaban J connectivity index is 1.69. The minimum Gasteiger partial charge on any atom is -0.504 e. The van der Waals surface area contributed by atoms with Crippen LogP contribution in [0, 0.1) is 10.8 Å². The van der Waals surface area contributed by atoms with Gasteiger partial charge in [-0.2, -0.15) is 0 Å². The Morgan fingerprint density at radius 3 is 2.52 bits per heavy atom. The van der Waals surface area contributed by atoms with E-state index in [4.69, 9.17) is 4.74 Å². The van der Waals surface area contributed by atoms with Gasteiger partial charge in [-0.1, -0.05) is 19.8 Å². The van der Waals surface area contributed by atoms with E-state index >= 15 is 0 Å². The van der Waals surface area contributed by atoms with Crippen molar-refractivity contribution < 1.29 is 24.4 Å². The number of carbonyl (C=O) groups is 1. The standard InChI is InChI=1S/C20H28N2O3/c1-4-5-8-20-12-21-10-19(2,18(20)24)11-22(13-20)17(21)14-6-7-15(23)16(9-14)25-3/h6-7,9,17,23H,4-5,8,10-13H2,1-3H3/p+2. The van der Waals surface area contributed by atoms with Gasteiger partial charge in [0.2, 0.25) is 6.17 Å². The highest BCUT2D eigenvalue weighted by molar-refractivity contribution is 5.91. The molecule has 3 N–H and O–H groups in total. The SMILES string of the molecule is CCCCC12C[NH+]3CC(C)(C[NH+](C1)C3c1ccc(O)c(OC)c1)C2=O. The monoisotopic (exact) mass is 346 g/mol. The molecule has 0 spiro atoms. The summed E-state index contributed by atoms with van der Waals surface area (Å²) in [5, 5.41) is 9.92. The lowest BCUT2D eigenvalue weighted by atomic mass is 9.59. The second-order valence-corrected chi connectivity index (χ2v) is 8.66. The lowest BCUT2D eigenvalue weighted by Gasteiger charge is -2.59. The molecule has 2 unspecified atom stereocenters. The number of carbonyl (C=O) groups excluding carboxylic acids is 1. The predicted molar refractivity (Wildman–Crippen MR) is 93.9 cm³/mol. The Bertz CT molecular complexity index is 686. The Morgan fingerprint density at radius 1 is 1.24 bits per heavy atom. The fraction of sp³-hybridized carbons (Fsp3) is 0.650. The second-order valence-electron chi connectivity index (χ2n) is 8.66. The summed E-state index contributed by atoms with van der Waals surface area (Å²) in [5.74, 6) is 1.25. The summed E-state index contributed by atoms with van der Waals surface area (Å²) in [7, 11) is 1.59. The molecule has 0 aromatic heterocycles. The Kier molecular flexibility index (Phi) is 3.85.